The monoisotopic (exact) mass is 394 g/mol. The first kappa shape index (κ1) is 15.0. The highest BCUT2D eigenvalue weighted by atomic mass is 79.9. The highest BCUT2D eigenvalue weighted by molar-refractivity contribution is 9.10. The maximum atomic E-state index is 12.2. The summed E-state index contributed by atoms with van der Waals surface area (Å²) in [7, 11) is 1.55. The second-order valence-corrected chi connectivity index (χ2v) is 5.93. The molecule has 0 saturated heterocycles. The number of rotatable bonds is 4. The van der Waals surface area contributed by atoms with Gasteiger partial charge >= 0.3 is 0 Å². The van der Waals surface area contributed by atoms with Gasteiger partial charge in [0.05, 0.1) is 12.7 Å². The number of ketones is 1. The van der Waals surface area contributed by atoms with E-state index in [4.69, 9.17) is 4.74 Å². The molecule has 0 bridgehead atoms. The van der Waals surface area contributed by atoms with Crippen molar-refractivity contribution in [3.63, 3.8) is 0 Å². The fraction of sp³-hybridized carbons (Fsp3) is 0.0625. The van der Waals surface area contributed by atoms with Crippen molar-refractivity contribution >= 4 is 43.7 Å². The number of halogens is 2. The molecule has 0 aliphatic carbocycles. The molecule has 2 nitrogen and oxygen atoms in total. The SMILES string of the molecule is COc1cc(Br)ccc1C(=O)/C=C/c1ccc(Br)cc1. The molecule has 0 spiro atoms. The Morgan fingerprint density at radius 2 is 1.70 bits per heavy atom. The molecule has 0 saturated carbocycles. The second-order valence-electron chi connectivity index (χ2n) is 4.09. The maximum absolute atomic E-state index is 12.2. The van der Waals surface area contributed by atoms with Gasteiger partial charge in [0.15, 0.2) is 5.78 Å². The Balaban J connectivity index is 2.22. The summed E-state index contributed by atoms with van der Waals surface area (Å²) in [4.78, 5) is 12.2. The van der Waals surface area contributed by atoms with Crippen LogP contribution in [-0.4, -0.2) is 12.9 Å². The van der Waals surface area contributed by atoms with E-state index in [0.29, 0.717) is 11.3 Å². The first-order chi connectivity index (χ1) is 9.60. The third-order valence-electron chi connectivity index (χ3n) is 2.73. The minimum atomic E-state index is -0.0859. The first-order valence-corrected chi connectivity index (χ1v) is 7.50. The molecule has 0 aromatic heterocycles. The van der Waals surface area contributed by atoms with Crippen molar-refractivity contribution in [1.29, 1.82) is 0 Å². The Morgan fingerprint density at radius 1 is 1.05 bits per heavy atom. The summed E-state index contributed by atoms with van der Waals surface area (Å²) in [6, 6.07) is 13.1. The Labute approximate surface area is 134 Å². The van der Waals surface area contributed by atoms with E-state index in [9.17, 15) is 4.79 Å². The average Bonchev–Trinajstić information content (AvgIpc) is 2.46. The van der Waals surface area contributed by atoms with E-state index < -0.39 is 0 Å². The van der Waals surface area contributed by atoms with E-state index >= 15 is 0 Å². The van der Waals surface area contributed by atoms with Crippen molar-refractivity contribution in [2.45, 2.75) is 0 Å². The quantitative estimate of drug-likeness (QED) is 0.530. The van der Waals surface area contributed by atoms with Crippen molar-refractivity contribution in [2.75, 3.05) is 7.11 Å². The van der Waals surface area contributed by atoms with Gasteiger partial charge in [-0.25, -0.2) is 0 Å². The van der Waals surface area contributed by atoms with Crippen LogP contribution >= 0.6 is 31.9 Å². The predicted octanol–water partition coefficient (Wildman–Crippen LogP) is 5.12. The molecule has 0 fully saturated rings. The molecule has 2 rings (SSSR count). The van der Waals surface area contributed by atoms with Crippen molar-refractivity contribution in [1.82, 2.24) is 0 Å². The lowest BCUT2D eigenvalue weighted by atomic mass is 10.1. The highest BCUT2D eigenvalue weighted by Crippen LogP contribution is 2.24. The van der Waals surface area contributed by atoms with Crippen molar-refractivity contribution < 1.29 is 9.53 Å². The van der Waals surface area contributed by atoms with Crippen LogP contribution in [0.2, 0.25) is 0 Å². The van der Waals surface area contributed by atoms with Gasteiger partial charge < -0.3 is 4.74 Å². The molecule has 2 aromatic rings. The number of benzene rings is 2. The van der Waals surface area contributed by atoms with Gasteiger partial charge in [-0.3, -0.25) is 4.79 Å². The molecule has 0 amide bonds. The van der Waals surface area contributed by atoms with Gasteiger partial charge in [-0.15, -0.1) is 0 Å². The van der Waals surface area contributed by atoms with E-state index in [2.05, 4.69) is 31.9 Å². The van der Waals surface area contributed by atoms with E-state index in [1.54, 1.807) is 31.4 Å². The molecular weight excluding hydrogens is 384 g/mol. The zero-order valence-electron chi connectivity index (χ0n) is 10.8. The van der Waals surface area contributed by atoms with Gasteiger partial charge in [0, 0.05) is 8.95 Å². The Morgan fingerprint density at radius 3 is 2.35 bits per heavy atom. The molecule has 0 unspecified atom stereocenters. The second kappa shape index (κ2) is 6.86. The minimum absolute atomic E-state index is 0.0859. The number of carbonyl (C=O) groups excluding carboxylic acids is 1. The number of allylic oxidation sites excluding steroid dienone is 1. The first-order valence-electron chi connectivity index (χ1n) is 5.91. The molecule has 20 heavy (non-hydrogen) atoms. The zero-order valence-corrected chi connectivity index (χ0v) is 13.9. The highest BCUT2D eigenvalue weighted by Gasteiger charge is 2.09. The predicted molar refractivity (Wildman–Crippen MR) is 88.2 cm³/mol. The van der Waals surface area contributed by atoms with E-state index in [1.165, 1.54) is 0 Å². The summed E-state index contributed by atoms with van der Waals surface area (Å²) in [5.74, 6) is 0.474. The summed E-state index contributed by atoms with van der Waals surface area (Å²) < 4.78 is 7.11. The number of ether oxygens (including phenoxy) is 1. The summed E-state index contributed by atoms with van der Waals surface area (Å²) in [5, 5.41) is 0. The number of methoxy groups -OCH3 is 1. The van der Waals surface area contributed by atoms with Crippen LogP contribution in [0.5, 0.6) is 5.75 Å². The summed E-state index contributed by atoms with van der Waals surface area (Å²) in [6.07, 6.45) is 3.34. The van der Waals surface area contributed by atoms with Gasteiger partial charge in [0.2, 0.25) is 0 Å². The molecule has 4 heteroatoms. The molecule has 0 radical (unpaired) electrons. The lowest BCUT2D eigenvalue weighted by Gasteiger charge is -2.05. The van der Waals surface area contributed by atoms with Crippen LogP contribution in [0.25, 0.3) is 6.08 Å². The van der Waals surface area contributed by atoms with Gasteiger partial charge in [-0.2, -0.15) is 0 Å². The fourth-order valence-electron chi connectivity index (χ4n) is 1.70. The van der Waals surface area contributed by atoms with Crippen molar-refractivity contribution in [2.24, 2.45) is 0 Å². The molecule has 0 N–H and O–H groups in total. The summed E-state index contributed by atoms with van der Waals surface area (Å²) >= 11 is 6.73. The lowest BCUT2D eigenvalue weighted by molar-refractivity contribution is 0.104. The van der Waals surface area contributed by atoms with Crippen LogP contribution in [0.1, 0.15) is 15.9 Å². The molecule has 2 aromatic carbocycles. The normalized spacial score (nSPS) is 10.8. The van der Waals surface area contributed by atoms with Gasteiger partial charge in [-0.1, -0.05) is 50.1 Å². The van der Waals surface area contributed by atoms with Crippen LogP contribution in [0.3, 0.4) is 0 Å². The molecular formula is C16H12Br2O2. The Hall–Kier alpha value is -1.39. The number of hydrogen-bond donors (Lipinski definition) is 0. The van der Waals surface area contributed by atoms with Gasteiger partial charge in [-0.05, 0) is 42.0 Å². The van der Waals surface area contributed by atoms with Crippen LogP contribution in [0, 0.1) is 0 Å². The van der Waals surface area contributed by atoms with Crippen LogP contribution in [0.4, 0.5) is 0 Å². The Kier molecular flexibility index (Phi) is 5.15. The maximum Gasteiger partial charge on any atom is 0.189 e. The van der Waals surface area contributed by atoms with Crippen molar-refractivity contribution in [3.8, 4) is 5.75 Å². The lowest BCUT2D eigenvalue weighted by Crippen LogP contribution is -1.98. The number of hydrogen-bond acceptors (Lipinski definition) is 2. The third kappa shape index (κ3) is 3.81. The van der Waals surface area contributed by atoms with Crippen LogP contribution < -0.4 is 4.74 Å². The number of carbonyl (C=O) groups is 1. The largest absolute Gasteiger partial charge is 0.496 e. The average molecular weight is 396 g/mol. The molecule has 102 valence electrons. The van der Waals surface area contributed by atoms with Crippen LogP contribution in [-0.2, 0) is 0 Å². The van der Waals surface area contributed by atoms with Crippen LogP contribution in [0.15, 0.2) is 57.5 Å². The van der Waals surface area contributed by atoms with E-state index in [-0.39, 0.29) is 5.78 Å². The van der Waals surface area contributed by atoms with E-state index in [0.717, 1.165) is 14.5 Å². The standard InChI is InChI=1S/C16H12Br2O2/c1-20-16-10-13(18)7-8-14(16)15(19)9-4-11-2-5-12(17)6-3-11/h2-10H,1H3/b9-4+. The topological polar surface area (TPSA) is 26.3 Å². The fourth-order valence-corrected chi connectivity index (χ4v) is 2.31. The summed E-state index contributed by atoms with van der Waals surface area (Å²) in [5.41, 5.74) is 1.52. The smallest absolute Gasteiger partial charge is 0.189 e. The minimum Gasteiger partial charge on any atom is -0.496 e. The summed E-state index contributed by atoms with van der Waals surface area (Å²) in [6.45, 7) is 0. The molecule has 0 aliphatic heterocycles. The third-order valence-corrected chi connectivity index (χ3v) is 3.75. The zero-order chi connectivity index (χ0) is 14.5. The molecule has 0 atom stereocenters. The Bertz CT molecular complexity index is 646. The van der Waals surface area contributed by atoms with Crippen molar-refractivity contribution in [3.05, 3.63) is 68.6 Å². The molecule has 0 aliphatic rings. The van der Waals surface area contributed by atoms with E-state index in [1.807, 2.05) is 30.3 Å². The van der Waals surface area contributed by atoms with Gasteiger partial charge in [0.25, 0.3) is 0 Å². The van der Waals surface area contributed by atoms with Gasteiger partial charge in [0.1, 0.15) is 5.75 Å². The molecule has 0 heterocycles.